The van der Waals surface area contributed by atoms with E-state index < -0.39 is 0 Å². The van der Waals surface area contributed by atoms with Crippen LogP contribution in [-0.4, -0.2) is 0 Å². The van der Waals surface area contributed by atoms with Gasteiger partial charge in [-0.3, -0.25) is 0 Å². The molecule has 10 rings (SSSR count). The molecule has 0 saturated heterocycles. The van der Waals surface area contributed by atoms with Gasteiger partial charge in [0.15, 0.2) is 0 Å². The van der Waals surface area contributed by atoms with Crippen LogP contribution in [0.5, 0.6) is 0 Å². The Balaban J connectivity index is 1.22. The second-order valence-electron chi connectivity index (χ2n) is 12.9. The third-order valence-electron chi connectivity index (χ3n) is 10.2. The highest BCUT2D eigenvalue weighted by molar-refractivity contribution is 6.33. The van der Waals surface area contributed by atoms with Crippen LogP contribution in [0.4, 0.5) is 0 Å². The summed E-state index contributed by atoms with van der Waals surface area (Å²) in [6.07, 6.45) is 0. The summed E-state index contributed by atoms with van der Waals surface area (Å²) in [4.78, 5) is 0. The van der Waals surface area contributed by atoms with Crippen LogP contribution in [0.25, 0.3) is 98.0 Å². The summed E-state index contributed by atoms with van der Waals surface area (Å²) in [6.45, 7) is 0. The standard InChI is InChI=1S/C48H30/c1-2-13-33-27-37(24-23-31(33)11-1)45-30-47-41-19-6-5-18-40(41)46-29-35(25-26-44(46)48(47)43-21-8-7-20-42(43)45)34-15-9-16-36(28-34)39-22-10-14-32-12-3-4-17-38(32)39/h1-30H. The fraction of sp³-hybridized carbons (Fsp3) is 0. The highest BCUT2D eigenvalue weighted by Gasteiger charge is 2.16. The average Bonchev–Trinajstić information content (AvgIpc) is 3.17. The number of rotatable bonds is 3. The molecule has 0 nitrogen and oxygen atoms in total. The van der Waals surface area contributed by atoms with Crippen LogP contribution in [0.3, 0.4) is 0 Å². The van der Waals surface area contributed by atoms with E-state index in [0.29, 0.717) is 0 Å². The average molecular weight is 607 g/mol. The Labute approximate surface area is 279 Å². The smallest absolute Gasteiger partial charge is 0.00199 e. The number of hydrogen-bond acceptors (Lipinski definition) is 0. The van der Waals surface area contributed by atoms with E-state index in [1.54, 1.807) is 0 Å². The van der Waals surface area contributed by atoms with Crippen LogP contribution in [0.1, 0.15) is 0 Å². The third-order valence-corrected chi connectivity index (χ3v) is 10.2. The van der Waals surface area contributed by atoms with Gasteiger partial charge >= 0.3 is 0 Å². The minimum absolute atomic E-state index is 1.23. The predicted molar refractivity (Wildman–Crippen MR) is 208 cm³/mol. The van der Waals surface area contributed by atoms with Crippen LogP contribution in [-0.2, 0) is 0 Å². The molecule has 10 aromatic rings. The van der Waals surface area contributed by atoms with Crippen LogP contribution in [0.2, 0.25) is 0 Å². The first-order valence-corrected chi connectivity index (χ1v) is 16.7. The Kier molecular flexibility index (Phi) is 5.98. The summed E-state index contributed by atoms with van der Waals surface area (Å²) in [5.74, 6) is 0. The highest BCUT2D eigenvalue weighted by Crippen LogP contribution is 2.44. The molecule has 0 aliphatic heterocycles. The normalized spacial score (nSPS) is 11.8. The second-order valence-corrected chi connectivity index (χ2v) is 12.9. The van der Waals surface area contributed by atoms with E-state index in [2.05, 4.69) is 182 Å². The lowest BCUT2D eigenvalue weighted by Gasteiger charge is -2.17. The molecule has 0 bridgehead atoms. The van der Waals surface area contributed by atoms with Crippen molar-refractivity contribution in [2.24, 2.45) is 0 Å². The van der Waals surface area contributed by atoms with Crippen molar-refractivity contribution in [1.29, 1.82) is 0 Å². The molecule has 0 atom stereocenters. The molecule has 0 aromatic heterocycles. The van der Waals surface area contributed by atoms with Crippen molar-refractivity contribution in [3.05, 3.63) is 182 Å². The quantitative estimate of drug-likeness (QED) is 0.176. The Morgan fingerprint density at radius 2 is 0.771 bits per heavy atom. The summed E-state index contributed by atoms with van der Waals surface area (Å²) >= 11 is 0. The molecular weight excluding hydrogens is 577 g/mol. The first-order valence-electron chi connectivity index (χ1n) is 16.7. The SMILES string of the molecule is c1cc(-c2ccc3c(c2)c2ccccc2c2cc(-c4ccc5ccccc5c4)c4ccccc4c32)cc(-c2cccc3ccccc23)c1. The van der Waals surface area contributed by atoms with E-state index in [0.717, 1.165) is 0 Å². The minimum atomic E-state index is 1.23. The monoisotopic (exact) mass is 606 g/mol. The molecule has 0 unspecified atom stereocenters. The molecule has 0 radical (unpaired) electrons. The summed E-state index contributed by atoms with van der Waals surface area (Å²) < 4.78 is 0. The summed E-state index contributed by atoms with van der Waals surface area (Å²) in [6, 6.07) is 67.1. The molecule has 0 amide bonds. The van der Waals surface area contributed by atoms with Crippen molar-refractivity contribution in [2.45, 2.75) is 0 Å². The third kappa shape index (κ3) is 4.16. The first kappa shape index (κ1) is 26.9. The maximum atomic E-state index is 2.44. The van der Waals surface area contributed by atoms with E-state index in [1.807, 2.05) is 0 Å². The Bertz CT molecular complexity index is 2890. The second kappa shape index (κ2) is 10.7. The fourth-order valence-electron chi connectivity index (χ4n) is 7.93. The van der Waals surface area contributed by atoms with E-state index in [9.17, 15) is 0 Å². The largest absolute Gasteiger partial charge is 0.0616 e. The van der Waals surface area contributed by atoms with Gasteiger partial charge in [0, 0.05) is 0 Å². The van der Waals surface area contributed by atoms with Gasteiger partial charge in [0.25, 0.3) is 0 Å². The lowest BCUT2D eigenvalue weighted by atomic mass is 9.86. The van der Waals surface area contributed by atoms with Crippen molar-refractivity contribution in [1.82, 2.24) is 0 Å². The zero-order valence-corrected chi connectivity index (χ0v) is 26.3. The van der Waals surface area contributed by atoms with Gasteiger partial charge in [-0.2, -0.15) is 0 Å². The maximum absolute atomic E-state index is 2.44. The van der Waals surface area contributed by atoms with Gasteiger partial charge in [-0.1, -0.05) is 158 Å². The minimum Gasteiger partial charge on any atom is -0.0616 e. The van der Waals surface area contributed by atoms with Gasteiger partial charge in [-0.15, -0.1) is 0 Å². The fourth-order valence-corrected chi connectivity index (χ4v) is 7.93. The van der Waals surface area contributed by atoms with Gasteiger partial charge in [-0.05, 0) is 122 Å². The van der Waals surface area contributed by atoms with E-state index in [1.165, 1.54) is 98.0 Å². The number of hydrogen-bond donors (Lipinski definition) is 0. The van der Waals surface area contributed by atoms with Gasteiger partial charge in [0.2, 0.25) is 0 Å². The molecule has 0 heteroatoms. The molecule has 10 aromatic carbocycles. The molecule has 0 saturated carbocycles. The molecule has 222 valence electrons. The Morgan fingerprint density at radius 1 is 0.208 bits per heavy atom. The van der Waals surface area contributed by atoms with Gasteiger partial charge in [0.05, 0.1) is 0 Å². The van der Waals surface area contributed by atoms with Gasteiger partial charge < -0.3 is 0 Å². The topological polar surface area (TPSA) is 0 Å². The molecule has 0 fully saturated rings. The highest BCUT2D eigenvalue weighted by atomic mass is 14.2. The summed E-state index contributed by atoms with van der Waals surface area (Å²) in [7, 11) is 0. The lowest BCUT2D eigenvalue weighted by molar-refractivity contribution is 1.62. The van der Waals surface area contributed by atoms with Crippen LogP contribution in [0.15, 0.2) is 182 Å². The Morgan fingerprint density at radius 3 is 1.62 bits per heavy atom. The van der Waals surface area contributed by atoms with Crippen molar-refractivity contribution in [3.8, 4) is 33.4 Å². The zero-order valence-electron chi connectivity index (χ0n) is 26.3. The molecule has 0 aliphatic rings. The lowest BCUT2D eigenvalue weighted by Crippen LogP contribution is -1.90. The van der Waals surface area contributed by atoms with Crippen molar-refractivity contribution in [3.63, 3.8) is 0 Å². The molecule has 0 spiro atoms. The number of benzene rings is 10. The number of fused-ring (bicyclic) bond motifs is 10. The van der Waals surface area contributed by atoms with Crippen molar-refractivity contribution < 1.29 is 0 Å². The zero-order chi connectivity index (χ0) is 31.6. The maximum Gasteiger partial charge on any atom is -0.00199 e. The summed E-state index contributed by atoms with van der Waals surface area (Å²) in [5.41, 5.74) is 7.47. The summed E-state index contributed by atoms with van der Waals surface area (Å²) in [5, 5.41) is 15.4. The van der Waals surface area contributed by atoms with E-state index in [-0.39, 0.29) is 0 Å². The molecular formula is C48H30. The van der Waals surface area contributed by atoms with E-state index in [4.69, 9.17) is 0 Å². The van der Waals surface area contributed by atoms with E-state index >= 15 is 0 Å². The van der Waals surface area contributed by atoms with Gasteiger partial charge in [0.1, 0.15) is 0 Å². The van der Waals surface area contributed by atoms with Crippen molar-refractivity contribution >= 4 is 64.6 Å². The van der Waals surface area contributed by atoms with Gasteiger partial charge in [-0.25, -0.2) is 0 Å². The molecule has 48 heavy (non-hydrogen) atoms. The molecule has 0 aliphatic carbocycles. The predicted octanol–water partition coefficient (Wildman–Crippen LogP) is 13.6. The Hall–Kier alpha value is -6.24. The van der Waals surface area contributed by atoms with Crippen LogP contribution in [0, 0.1) is 0 Å². The van der Waals surface area contributed by atoms with Crippen molar-refractivity contribution in [2.75, 3.05) is 0 Å². The van der Waals surface area contributed by atoms with Crippen LogP contribution >= 0.6 is 0 Å². The van der Waals surface area contributed by atoms with Crippen LogP contribution < -0.4 is 0 Å². The first-order chi connectivity index (χ1) is 23.8. The molecule has 0 heterocycles. The molecule has 0 N–H and O–H groups in total.